The Morgan fingerprint density at radius 3 is 2.33 bits per heavy atom. The Morgan fingerprint density at radius 2 is 1.76 bits per heavy atom. The van der Waals surface area contributed by atoms with Gasteiger partial charge in [0.25, 0.3) is 0 Å². The van der Waals surface area contributed by atoms with Crippen LogP contribution < -0.4 is 5.73 Å². The Bertz CT molecular complexity index is 370. The number of nitrogens with two attached hydrogens (primary N) is 1. The van der Waals surface area contributed by atoms with Crippen molar-refractivity contribution in [1.82, 2.24) is 4.90 Å². The van der Waals surface area contributed by atoms with Crippen LogP contribution in [0.1, 0.15) is 64.2 Å². The number of hydrogen-bond donors (Lipinski definition) is 2. The molecule has 1 heterocycles. The lowest BCUT2D eigenvalue weighted by atomic mass is 9.79. The molecular weight excluding hydrogens is 268 g/mol. The molecule has 1 saturated carbocycles. The summed E-state index contributed by atoms with van der Waals surface area (Å²) in [6.07, 6.45) is 8.76. The second-order valence-corrected chi connectivity index (χ2v) is 6.86. The quantitative estimate of drug-likeness (QED) is 0.814. The van der Waals surface area contributed by atoms with Crippen LogP contribution in [0, 0.1) is 5.92 Å². The van der Waals surface area contributed by atoms with Crippen LogP contribution in [-0.2, 0) is 9.59 Å². The third-order valence-corrected chi connectivity index (χ3v) is 5.09. The van der Waals surface area contributed by atoms with Gasteiger partial charge in [0, 0.05) is 31.5 Å². The van der Waals surface area contributed by atoms with Gasteiger partial charge in [0.05, 0.1) is 0 Å². The summed E-state index contributed by atoms with van der Waals surface area (Å²) in [5.41, 5.74) is 6.08. The highest BCUT2D eigenvalue weighted by atomic mass is 16.4. The number of carboxylic acid groups (broad SMARTS) is 1. The Kier molecular flexibility index (Phi) is 5.62. The molecule has 1 aliphatic heterocycles. The minimum absolute atomic E-state index is 0.191. The van der Waals surface area contributed by atoms with Gasteiger partial charge >= 0.3 is 5.97 Å². The third-order valence-electron chi connectivity index (χ3n) is 5.09. The molecule has 2 rings (SSSR count). The first-order valence-corrected chi connectivity index (χ1v) is 8.27. The van der Waals surface area contributed by atoms with Crippen LogP contribution in [0.2, 0.25) is 0 Å². The molecule has 1 saturated heterocycles. The van der Waals surface area contributed by atoms with Crippen molar-refractivity contribution < 1.29 is 14.7 Å². The SMILES string of the molecule is NC1(CC(=O)N2CCC(CCC(=O)O)CC2)CCCCC1. The van der Waals surface area contributed by atoms with Gasteiger partial charge < -0.3 is 15.7 Å². The second kappa shape index (κ2) is 7.25. The van der Waals surface area contributed by atoms with Gasteiger partial charge in [0.2, 0.25) is 5.91 Å². The van der Waals surface area contributed by atoms with E-state index >= 15 is 0 Å². The summed E-state index contributed by atoms with van der Waals surface area (Å²) in [5, 5.41) is 8.72. The molecule has 3 N–H and O–H groups in total. The number of nitrogens with zero attached hydrogens (tertiary/aromatic N) is 1. The van der Waals surface area contributed by atoms with Crippen LogP contribution in [0.5, 0.6) is 0 Å². The zero-order valence-electron chi connectivity index (χ0n) is 12.9. The average Bonchev–Trinajstić information content (AvgIpc) is 2.46. The van der Waals surface area contributed by atoms with Gasteiger partial charge in [0.1, 0.15) is 0 Å². The van der Waals surface area contributed by atoms with E-state index in [1.54, 1.807) is 0 Å². The predicted molar refractivity (Wildman–Crippen MR) is 80.8 cm³/mol. The summed E-state index contributed by atoms with van der Waals surface area (Å²) >= 11 is 0. The van der Waals surface area contributed by atoms with Gasteiger partial charge in [-0.25, -0.2) is 0 Å². The summed E-state index contributed by atoms with van der Waals surface area (Å²) in [6, 6.07) is 0. The van der Waals surface area contributed by atoms with Crippen molar-refractivity contribution in [2.24, 2.45) is 11.7 Å². The van der Waals surface area contributed by atoms with Crippen LogP contribution in [0.3, 0.4) is 0 Å². The minimum Gasteiger partial charge on any atom is -0.481 e. The molecule has 0 aromatic carbocycles. The molecule has 0 bridgehead atoms. The fourth-order valence-corrected chi connectivity index (χ4v) is 3.64. The van der Waals surface area contributed by atoms with Crippen molar-refractivity contribution in [2.75, 3.05) is 13.1 Å². The van der Waals surface area contributed by atoms with Gasteiger partial charge in [-0.15, -0.1) is 0 Å². The Balaban J connectivity index is 1.73. The molecule has 0 aromatic rings. The largest absolute Gasteiger partial charge is 0.481 e. The topological polar surface area (TPSA) is 83.6 Å². The van der Waals surface area contributed by atoms with Gasteiger partial charge in [0.15, 0.2) is 0 Å². The molecule has 1 amide bonds. The normalized spacial score (nSPS) is 23.0. The molecule has 1 aliphatic carbocycles. The Morgan fingerprint density at radius 1 is 1.14 bits per heavy atom. The zero-order chi connectivity index (χ0) is 15.3. The molecule has 0 radical (unpaired) electrons. The van der Waals surface area contributed by atoms with E-state index in [1.165, 1.54) is 6.42 Å². The van der Waals surface area contributed by atoms with Gasteiger partial charge in [-0.2, -0.15) is 0 Å². The molecular formula is C16H28N2O3. The lowest BCUT2D eigenvalue weighted by Gasteiger charge is -2.37. The lowest BCUT2D eigenvalue weighted by Crippen LogP contribution is -2.48. The number of likely N-dealkylation sites (tertiary alicyclic amines) is 1. The maximum atomic E-state index is 12.4. The van der Waals surface area contributed by atoms with E-state index < -0.39 is 5.97 Å². The molecule has 5 heteroatoms. The van der Waals surface area contributed by atoms with Gasteiger partial charge in [-0.05, 0) is 38.0 Å². The molecule has 21 heavy (non-hydrogen) atoms. The van der Waals surface area contributed by atoms with E-state index in [0.717, 1.165) is 58.0 Å². The van der Waals surface area contributed by atoms with Crippen molar-refractivity contribution in [3.8, 4) is 0 Å². The standard InChI is InChI=1S/C16H28N2O3/c17-16(8-2-1-3-9-16)12-14(19)18-10-6-13(7-11-18)4-5-15(20)21/h13H,1-12,17H2,(H,20,21). The number of rotatable bonds is 5. The molecule has 2 fully saturated rings. The number of amides is 1. The fourth-order valence-electron chi connectivity index (χ4n) is 3.64. The molecule has 0 atom stereocenters. The smallest absolute Gasteiger partial charge is 0.303 e. The van der Waals surface area contributed by atoms with Gasteiger partial charge in [-0.1, -0.05) is 19.3 Å². The first kappa shape index (κ1) is 16.3. The van der Waals surface area contributed by atoms with Crippen molar-refractivity contribution in [3.63, 3.8) is 0 Å². The van der Waals surface area contributed by atoms with E-state index in [0.29, 0.717) is 12.3 Å². The number of carbonyl (C=O) groups is 2. The van der Waals surface area contributed by atoms with Crippen molar-refractivity contribution in [3.05, 3.63) is 0 Å². The molecule has 0 unspecified atom stereocenters. The lowest BCUT2D eigenvalue weighted by molar-refractivity contribution is -0.138. The molecule has 120 valence electrons. The molecule has 0 spiro atoms. The Labute approximate surface area is 126 Å². The van der Waals surface area contributed by atoms with Crippen LogP contribution >= 0.6 is 0 Å². The third kappa shape index (κ3) is 4.99. The van der Waals surface area contributed by atoms with Gasteiger partial charge in [-0.3, -0.25) is 9.59 Å². The van der Waals surface area contributed by atoms with E-state index in [9.17, 15) is 9.59 Å². The first-order valence-electron chi connectivity index (χ1n) is 8.27. The molecule has 0 aromatic heterocycles. The highest BCUT2D eigenvalue weighted by molar-refractivity contribution is 5.77. The summed E-state index contributed by atoms with van der Waals surface area (Å²) in [5.74, 6) is -0.0846. The number of carboxylic acids is 1. The van der Waals surface area contributed by atoms with E-state index in [2.05, 4.69) is 0 Å². The highest BCUT2D eigenvalue weighted by Gasteiger charge is 2.32. The summed E-state index contributed by atoms with van der Waals surface area (Å²) in [6.45, 7) is 1.53. The second-order valence-electron chi connectivity index (χ2n) is 6.86. The van der Waals surface area contributed by atoms with Crippen LogP contribution in [0.25, 0.3) is 0 Å². The van der Waals surface area contributed by atoms with E-state index in [-0.39, 0.29) is 17.9 Å². The fraction of sp³-hybridized carbons (Fsp3) is 0.875. The van der Waals surface area contributed by atoms with Crippen LogP contribution in [-0.4, -0.2) is 40.5 Å². The number of piperidine rings is 1. The maximum absolute atomic E-state index is 12.4. The average molecular weight is 296 g/mol. The first-order chi connectivity index (χ1) is 9.98. The van der Waals surface area contributed by atoms with Crippen LogP contribution in [0.4, 0.5) is 0 Å². The number of carbonyl (C=O) groups excluding carboxylic acids is 1. The Hall–Kier alpha value is -1.10. The molecule has 5 nitrogen and oxygen atoms in total. The monoisotopic (exact) mass is 296 g/mol. The highest BCUT2D eigenvalue weighted by Crippen LogP contribution is 2.30. The maximum Gasteiger partial charge on any atom is 0.303 e. The van der Waals surface area contributed by atoms with Crippen molar-refractivity contribution in [1.29, 1.82) is 0 Å². The van der Waals surface area contributed by atoms with E-state index in [4.69, 9.17) is 10.8 Å². The summed E-state index contributed by atoms with van der Waals surface area (Å²) in [4.78, 5) is 24.9. The minimum atomic E-state index is -0.726. The summed E-state index contributed by atoms with van der Waals surface area (Å²) < 4.78 is 0. The zero-order valence-corrected chi connectivity index (χ0v) is 12.9. The molecule has 2 aliphatic rings. The number of hydrogen-bond acceptors (Lipinski definition) is 3. The predicted octanol–water partition coefficient (Wildman–Crippen LogP) is 2.14. The van der Waals surface area contributed by atoms with Crippen LogP contribution in [0.15, 0.2) is 0 Å². The summed E-state index contributed by atoms with van der Waals surface area (Å²) in [7, 11) is 0. The number of aliphatic carboxylic acids is 1. The van der Waals surface area contributed by atoms with E-state index in [1.807, 2.05) is 4.90 Å². The van der Waals surface area contributed by atoms with Crippen molar-refractivity contribution in [2.45, 2.75) is 69.7 Å². The van der Waals surface area contributed by atoms with Crippen molar-refractivity contribution >= 4 is 11.9 Å².